The lowest BCUT2D eigenvalue weighted by atomic mass is 9.83. The van der Waals surface area contributed by atoms with Crippen LogP contribution in [0.5, 0.6) is 0 Å². The molecule has 0 aliphatic rings. The Labute approximate surface area is 187 Å². The third kappa shape index (κ3) is 7.86. The van der Waals surface area contributed by atoms with Gasteiger partial charge in [0.2, 0.25) is 0 Å². The fourth-order valence-corrected chi connectivity index (χ4v) is 4.03. The highest BCUT2D eigenvalue weighted by atomic mass is 16.5. The molecule has 0 aromatic heterocycles. The van der Waals surface area contributed by atoms with Crippen LogP contribution >= 0.6 is 0 Å². The van der Waals surface area contributed by atoms with E-state index in [1.807, 2.05) is 50.2 Å². The normalized spacial score (nSPS) is 14.8. The molecule has 31 heavy (non-hydrogen) atoms. The van der Waals surface area contributed by atoms with E-state index in [0.29, 0.717) is 11.1 Å². The van der Waals surface area contributed by atoms with Gasteiger partial charge in [-0.3, -0.25) is 0 Å². The van der Waals surface area contributed by atoms with Gasteiger partial charge in [-0.2, -0.15) is 0 Å². The van der Waals surface area contributed by atoms with Crippen LogP contribution in [-0.2, 0) is 9.47 Å². The minimum absolute atomic E-state index is 0.205. The van der Waals surface area contributed by atoms with Crippen LogP contribution < -0.4 is 0 Å². The van der Waals surface area contributed by atoms with Crippen molar-refractivity contribution in [1.82, 2.24) is 0 Å². The first-order chi connectivity index (χ1) is 15.0. The summed E-state index contributed by atoms with van der Waals surface area (Å²) in [5.74, 6) is -0.145. The summed E-state index contributed by atoms with van der Waals surface area (Å²) in [6, 6.07) is 18.2. The number of hydrogen-bond donors (Lipinski definition) is 0. The Kier molecular flexibility index (Phi) is 10.3. The second kappa shape index (κ2) is 12.9. The summed E-state index contributed by atoms with van der Waals surface area (Å²) < 4.78 is 11.6. The van der Waals surface area contributed by atoms with Gasteiger partial charge in [-0.1, -0.05) is 63.1 Å². The second-order valence-electron chi connectivity index (χ2n) is 8.29. The van der Waals surface area contributed by atoms with Crippen molar-refractivity contribution in [2.45, 2.75) is 72.0 Å². The molecule has 2 aromatic rings. The number of ether oxygens (including phenoxy) is 2. The Morgan fingerprint density at radius 3 is 1.35 bits per heavy atom. The molecule has 4 unspecified atom stereocenters. The summed E-state index contributed by atoms with van der Waals surface area (Å²) in [6.07, 6.45) is 4.39. The van der Waals surface area contributed by atoms with Crippen molar-refractivity contribution in [3.63, 3.8) is 0 Å². The molecular formula is C27H36O4. The van der Waals surface area contributed by atoms with Gasteiger partial charge in [-0.25, -0.2) is 9.59 Å². The van der Waals surface area contributed by atoms with Crippen LogP contribution in [0, 0.1) is 11.8 Å². The van der Waals surface area contributed by atoms with E-state index in [9.17, 15) is 9.59 Å². The first kappa shape index (κ1) is 24.6. The van der Waals surface area contributed by atoms with Crippen LogP contribution in [0.4, 0.5) is 0 Å². The fourth-order valence-electron chi connectivity index (χ4n) is 4.03. The highest BCUT2D eigenvalue weighted by molar-refractivity contribution is 5.89. The van der Waals surface area contributed by atoms with Gasteiger partial charge in [0.25, 0.3) is 0 Å². The van der Waals surface area contributed by atoms with E-state index < -0.39 is 0 Å². The summed E-state index contributed by atoms with van der Waals surface area (Å²) >= 11 is 0. The van der Waals surface area contributed by atoms with Crippen molar-refractivity contribution in [3.8, 4) is 0 Å². The summed E-state index contributed by atoms with van der Waals surface area (Å²) in [5.41, 5.74) is 1.14. The number of carbonyl (C=O) groups is 2. The van der Waals surface area contributed by atoms with Crippen LogP contribution in [0.15, 0.2) is 60.7 Å². The van der Waals surface area contributed by atoms with E-state index in [4.69, 9.17) is 9.47 Å². The maximum absolute atomic E-state index is 12.5. The van der Waals surface area contributed by atoms with Crippen molar-refractivity contribution in [3.05, 3.63) is 71.8 Å². The molecule has 0 aliphatic heterocycles. The largest absolute Gasteiger partial charge is 0.459 e. The first-order valence-corrected chi connectivity index (χ1v) is 11.5. The minimum atomic E-state index is -0.287. The number of carbonyl (C=O) groups excluding carboxylic acids is 2. The van der Waals surface area contributed by atoms with Gasteiger partial charge in [0.05, 0.1) is 11.1 Å². The maximum atomic E-state index is 12.5. The van der Waals surface area contributed by atoms with Crippen molar-refractivity contribution in [2.24, 2.45) is 11.8 Å². The Morgan fingerprint density at radius 2 is 1.03 bits per heavy atom. The molecule has 168 valence electrons. The molecule has 4 nitrogen and oxygen atoms in total. The molecule has 2 aromatic carbocycles. The third-order valence-electron chi connectivity index (χ3n) is 5.86. The van der Waals surface area contributed by atoms with E-state index >= 15 is 0 Å². The van der Waals surface area contributed by atoms with Crippen molar-refractivity contribution in [1.29, 1.82) is 0 Å². The minimum Gasteiger partial charge on any atom is -0.459 e. The monoisotopic (exact) mass is 424 g/mol. The standard InChI is InChI=1S/C27H36O4/c1-5-13-24(20(3)30-26(28)22-15-9-7-10-16-22)19-25(14-6-2)21(4)31-27(29)23-17-11-8-12-18-23/h7-12,15-18,20-21,24-25H,5-6,13-14,19H2,1-4H3. The molecule has 0 saturated heterocycles. The number of hydrogen-bond acceptors (Lipinski definition) is 4. The quantitative estimate of drug-likeness (QED) is 0.356. The first-order valence-electron chi connectivity index (χ1n) is 11.5. The lowest BCUT2D eigenvalue weighted by Gasteiger charge is -2.31. The fraction of sp³-hybridized carbons (Fsp3) is 0.481. The Bertz CT molecular complexity index is 720. The lowest BCUT2D eigenvalue weighted by Crippen LogP contribution is -2.31. The molecule has 0 spiro atoms. The molecule has 4 heteroatoms. The van der Waals surface area contributed by atoms with E-state index in [2.05, 4.69) is 13.8 Å². The highest BCUT2D eigenvalue weighted by Gasteiger charge is 2.28. The highest BCUT2D eigenvalue weighted by Crippen LogP contribution is 2.30. The topological polar surface area (TPSA) is 52.6 Å². The predicted octanol–water partition coefficient (Wildman–Crippen LogP) is 6.70. The predicted molar refractivity (Wildman–Crippen MR) is 124 cm³/mol. The van der Waals surface area contributed by atoms with Gasteiger partial charge in [0.1, 0.15) is 12.2 Å². The Hall–Kier alpha value is -2.62. The zero-order chi connectivity index (χ0) is 22.6. The summed E-state index contributed by atoms with van der Waals surface area (Å²) in [4.78, 5) is 25.0. The molecule has 0 radical (unpaired) electrons. The van der Waals surface area contributed by atoms with Crippen molar-refractivity contribution < 1.29 is 19.1 Å². The molecular weight excluding hydrogens is 388 g/mol. The van der Waals surface area contributed by atoms with Crippen molar-refractivity contribution >= 4 is 11.9 Å². The summed E-state index contributed by atoms with van der Waals surface area (Å²) in [6.45, 7) is 8.24. The molecule has 2 rings (SSSR count). The number of rotatable bonds is 12. The number of esters is 2. The molecule has 0 bridgehead atoms. The molecule has 4 atom stereocenters. The SMILES string of the molecule is CCCC(CC(CCC)C(C)OC(=O)c1ccccc1)C(C)OC(=O)c1ccccc1. The van der Waals surface area contributed by atoms with Gasteiger partial charge in [0, 0.05) is 0 Å². The molecule has 0 N–H and O–H groups in total. The van der Waals surface area contributed by atoms with E-state index in [-0.39, 0.29) is 36.0 Å². The van der Waals surface area contributed by atoms with Crippen LogP contribution in [0.2, 0.25) is 0 Å². The van der Waals surface area contributed by atoms with E-state index in [1.165, 1.54) is 0 Å². The average molecular weight is 425 g/mol. The van der Waals surface area contributed by atoms with Gasteiger partial charge in [-0.15, -0.1) is 0 Å². The molecule has 0 aliphatic carbocycles. The molecule has 0 saturated carbocycles. The van der Waals surface area contributed by atoms with Gasteiger partial charge >= 0.3 is 11.9 Å². The zero-order valence-corrected chi connectivity index (χ0v) is 19.3. The summed E-state index contributed by atoms with van der Waals surface area (Å²) in [5, 5.41) is 0. The molecule has 0 fully saturated rings. The van der Waals surface area contributed by atoms with E-state index in [1.54, 1.807) is 24.3 Å². The Balaban J connectivity index is 2.03. The smallest absolute Gasteiger partial charge is 0.338 e. The average Bonchev–Trinajstić information content (AvgIpc) is 2.79. The second-order valence-corrected chi connectivity index (χ2v) is 8.29. The lowest BCUT2D eigenvalue weighted by molar-refractivity contribution is -0.00183. The van der Waals surface area contributed by atoms with E-state index in [0.717, 1.165) is 32.1 Å². The number of benzene rings is 2. The van der Waals surface area contributed by atoms with Crippen LogP contribution in [0.3, 0.4) is 0 Å². The third-order valence-corrected chi connectivity index (χ3v) is 5.86. The van der Waals surface area contributed by atoms with Gasteiger partial charge in [-0.05, 0) is 69.2 Å². The van der Waals surface area contributed by atoms with Gasteiger partial charge in [0.15, 0.2) is 0 Å². The Morgan fingerprint density at radius 1 is 0.677 bits per heavy atom. The van der Waals surface area contributed by atoms with Crippen LogP contribution in [-0.4, -0.2) is 24.1 Å². The maximum Gasteiger partial charge on any atom is 0.338 e. The molecule has 0 heterocycles. The van der Waals surface area contributed by atoms with Gasteiger partial charge < -0.3 is 9.47 Å². The zero-order valence-electron chi connectivity index (χ0n) is 19.3. The molecule has 0 amide bonds. The van der Waals surface area contributed by atoms with Crippen molar-refractivity contribution in [2.75, 3.05) is 0 Å². The summed E-state index contributed by atoms with van der Waals surface area (Å²) in [7, 11) is 0. The van der Waals surface area contributed by atoms with Crippen LogP contribution in [0.1, 0.15) is 80.5 Å². The van der Waals surface area contributed by atoms with Crippen LogP contribution in [0.25, 0.3) is 0 Å².